The largest absolute Gasteiger partial charge is 0.308 e. The summed E-state index contributed by atoms with van der Waals surface area (Å²) in [5.41, 5.74) is 2.34. The van der Waals surface area contributed by atoms with Crippen LogP contribution in [-0.4, -0.2) is 6.21 Å². The van der Waals surface area contributed by atoms with Crippen LogP contribution in [0.1, 0.15) is 33.3 Å². The Hall–Kier alpha value is -1.93. The van der Waals surface area contributed by atoms with E-state index in [4.69, 9.17) is 5.41 Å². The predicted octanol–water partition coefficient (Wildman–Crippen LogP) is 6.99. The van der Waals surface area contributed by atoms with Gasteiger partial charge < -0.3 is 5.41 Å². The van der Waals surface area contributed by atoms with E-state index in [2.05, 4.69) is 49.4 Å². The quantitative estimate of drug-likeness (QED) is 0.468. The van der Waals surface area contributed by atoms with E-state index in [1.807, 2.05) is 45.1 Å². The van der Waals surface area contributed by atoms with Gasteiger partial charge in [-0.25, -0.2) is 0 Å². The fourth-order valence-corrected chi connectivity index (χ4v) is 3.01. The van der Waals surface area contributed by atoms with E-state index in [0.717, 1.165) is 5.57 Å². The molecule has 1 heterocycles. The Kier molecular flexibility index (Phi) is 7.55. The Morgan fingerprint density at radius 2 is 1.64 bits per heavy atom. The van der Waals surface area contributed by atoms with Gasteiger partial charge in [-0.1, -0.05) is 49.8 Å². The molecule has 0 aliphatic heterocycles. The van der Waals surface area contributed by atoms with Crippen LogP contribution in [0.15, 0.2) is 54.1 Å². The summed E-state index contributed by atoms with van der Waals surface area (Å²) in [6.45, 7) is 9.96. The summed E-state index contributed by atoms with van der Waals surface area (Å²) in [6, 6.07) is 15.3. The summed E-state index contributed by atoms with van der Waals surface area (Å²) in [6.07, 6.45) is 3.23. The highest BCUT2D eigenvalue weighted by Crippen LogP contribution is 2.33. The van der Waals surface area contributed by atoms with Crippen molar-refractivity contribution >= 4 is 37.7 Å². The monoisotopic (exact) mass is 311 g/mol. The first kappa shape index (κ1) is 18.1. The van der Waals surface area contributed by atoms with Gasteiger partial charge in [0.1, 0.15) is 0 Å². The minimum Gasteiger partial charge on any atom is -0.308 e. The number of thiophene rings is 1. The molecule has 1 aromatic heterocycles. The van der Waals surface area contributed by atoms with E-state index in [1.54, 1.807) is 0 Å². The summed E-state index contributed by atoms with van der Waals surface area (Å²) in [4.78, 5) is 0. The van der Waals surface area contributed by atoms with Gasteiger partial charge in [0.15, 0.2) is 0 Å². The van der Waals surface area contributed by atoms with Crippen molar-refractivity contribution in [3.05, 3.63) is 59.7 Å². The van der Waals surface area contributed by atoms with Gasteiger partial charge in [0, 0.05) is 26.4 Å². The van der Waals surface area contributed by atoms with Crippen LogP contribution in [0.4, 0.5) is 0 Å². The molecule has 0 bridgehead atoms. The first-order chi connectivity index (χ1) is 10.7. The Morgan fingerprint density at radius 1 is 1.00 bits per heavy atom. The molecule has 0 aliphatic rings. The van der Waals surface area contributed by atoms with Gasteiger partial charge in [-0.15, -0.1) is 11.3 Å². The summed E-state index contributed by atoms with van der Waals surface area (Å²) in [5.74, 6) is 0. The minimum atomic E-state index is 1.01. The molecule has 116 valence electrons. The number of benzene rings is 2. The van der Waals surface area contributed by atoms with Crippen LogP contribution in [0, 0.1) is 12.3 Å². The third-order valence-electron chi connectivity index (χ3n) is 3.22. The third kappa shape index (κ3) is 4.54. The molecule has 0 aliphatic carbocycles. The van der Waals surface area contributed by atoms with Crippen LogP contribution in [0.3, 0.4) is 0 Å². The Morgan fingerprint density at radius 3 is 2.23 bits per heavy atom. The van der Waals surface area contributed by atoms with Crippen molar-refractivity contribution in [3.8, 4) is 0 Å². The third-order valence-corrected chi connectivity index (χ3v) is 4.37. The van der Waals surface area contributed by atoms with E-state index in [-0.39, 0.29) is 0 Å². The van der Waals surface area contributed by atoms with Crippen LogP contribution >= 0.6 is 11.3 Å². The SMILES string of the molecule is C/C=C(/C)C=N.CC.Cc1ccc2sc3ccccc3c2c1. The molecule has 0 unspecified atom stereocenters. The molecule has 3 aromatic rings. The molecule has 0 radical (unpaired) electrons. The van der Waals surface area contributed by atoms with Crippen molar-refractivity contribution < 1.29 is 0 Å². The van der Waals surface area contributed by atoms with Gasteiger partial charge >= 0.3 is 0 Å². The van der Waals surface area contributed by atoms with Crippen molar-refractivity contribution in [2.75, 3.05) is 0 Å². The summed E-state index contributed by atoms with van der Waals surface area (Å²) in [5, 5.41) is 9.39. The highest BCUT2D eigenvalue weighted by atomic mass is 32.1. The number of hydrogen-bond acceptors (Lipinski definition) is 2. The number of nitrogens with one attached hydrogen (secondary N) is 1. The number of fused-ring (bicyclic) bond motifs is 3. The lowest BCUT2D eigenvalue weighted by atomic mass is 10.1. The smallest absolute Gasteiger partial charge is 0.0355 e. The number of rotatable bonds is 1. The fraction of sp³-hybridized carbons (Fsp3) is 0.250. The molecule has 0 saturated heterocycles. The molecule has 0 spiro atoms. The van der Waals surface area contributed by atoms with E-state index in [1.165, 1.54) is 32.0 Å². The molecule has 0 atom stereocenters. The zero-order valence-electron chi connectivity index (χ0n) is 14.1. The first-order valence-corrected chi connectivity index (χ1v) is 8.48. The van der Waals surface area contributed by atoms with Crippen LogP contribution in [0.5, 0.6) is 0 Å². The van der Waals surface area contributed by atoms with Gasteiger partial charge in [-0.2, -0.15) is 0 Å². The maximum absolute atomic E-state index is 6.62. The predicted molar refractivity (Wildman–Crippen MR) is 104 cm³/mol. The van der Waals surface area contributed by atoms with Crippen molar-refractivity contribution in [1.29, 1.82) is 5.41 Å². The number of allylic oxidation sites excluding steroid dienone is 2. The van der Waals surface area contributed by atoms with Crippen molar-refractivity contribution in [1.82, 2.24) is 0 Å². The second-order valence-corrected chi connectivity index (χ2v) is 5.86. The van der Waals surface area contributed by atoms with Gasteiger partial charge in [0.05, 0.1) is 0 Å². The van der Waals surface area contributed by atoms with E-state index in [0.29, 0.717) is 0 Å². The first-order valence-electron chi connectivity index (χ1n) is 7.67. The van der Waals surface area contributed by atoms with Crippen molar-refractivity contribution in [2.45, 2.75) is 34.6 Å². The van der Waals surface area contributed by atoms with Crippen LogP contribution in [0.2, 0.25) is 0 Å². The topological polar surface area (TPSA) is 23.9 Å². The standard InChI is InChI=1S/C13H10S.C5H9N.C2H6/c1-9-6-7-13-11(8-9)10-4-2-3-5-12(10)14-13;1-3-5(2)4-6;1-2/h2-8H,1H3;3-4,6H,1-2H3;1-2H3/b;5-3-,6-4?;. The maximum Gasteiger partial charge on any atom is 0.0355 e. The summed E-state index contributed by atoms with van der Waals surface area (Å²) in [7, 11) is 0. The van der Waals surface area contributed by atoms with E-state index >= 15 is 0 Å². The fourth-order valence-electron chi connectivity index (χ4n) is 1.92. The molecular weight excluding hydrogens is 286 g/mol. The van der Waals surface area contributed by atoms with Crippen LogP contribution in [-0.2, 0) is 0 Å². The normalized spacial score (nSPS) is 10.5. The van der Waals surface area contributed by atoms with Gasteiger partial charge in [0.2, 0.25) is 0 Å². The Bertz CT molecular complexity index is 766. The summed E-state index contributed by atoms with van der Waals surface area (Å²) >= 11 is 1.87. The molecule has 2 aromatic carbocycles. The van der Waals surface area contributed by atoms with Gasteiger partial charge in [0.25, 0.3) is 0 Å². The zero-order chi connectivity index (χ0) is 16.5. The van der Waals surface area contributed by atoms with Crippen LogP contribution in [0.25, 0.3) is 20.2 Å². The molecule has 1 nitrogen and oxygen atoms in total. The maximum atomic E-state index is 6.62. The highest BCUT2D eigenvalue weighted by Gasteiger charge is 2.02. The van der Waals surface area contributed by atoms with Crippen molar-refractivity contribution in [3.63, 3.8) is 0 Å². The van der Waals surface area contributed by atoms with Gasteiger partial charge in [-0.05, 0) is 44.5 Å². The molecule has 0 saturated carbocycles. The highest BCUT2D eigenvalue weighted by molar-refractivity contribution is 7.25. The molecular formula is C20H25NS. The second-order valence-electron chi connectivity index (χ2n) is 4.77. The average Bonchev–Trinajstić information content (AvgIpc) is 2.94. The second kappa shape index (κ2) is 9.16. The van der Waals surface area contributed by atoms with E-state index < -0.39 is 0 Å². The molecule has 0 fully saturated rings. The molecule has 3 rings (SSSR count). The lowest BCUT2D eigenvalue weighted by Crippen LogP contribution is -1.69. The van der Waals surface area contributed by atoms with Crippen molar-refractivity contribution in [2.24, 2.45) is 0 Å². The molecule has 1 N–H and O–H groups in total. The Balaban J connectivity index is 0.000000260. The summed E-state index contributed by atoms with van der Waals surface area (Å²) < 4.78 is 2.77. The lowest BCUT2D eigenvalue weighted by Gasteiger charge is -1.92. The van der Waals surface area contributed by atoms with E-state index in [9.17, 15) is 0 Å². The molecule has 0 amide bonds. The zero-order valence-corrected chi connectivity index (χ0v) is 14.9. The molecule has 2 heteroatoms. The number of hydrogen-bond donors (Lipinski definition) is 1. The lowest BCUT2D eigenvalue weighted by molar-refractivity contribution is 1.48. The van der Waals surface area contributed by atoms with Crippen LogP contribution < -0.4 is 0 Å². The average molecular weight is 311 g/mol. The number of aryl methyl sites for hydroxylation is 1. The molecule has 22 heavy (non-hydrogen) atoms. The van der Waals surface area contributed by atoms with Gasteiger partial charge in [-0.3, -0.25) is 0 Å². The Labute approximate surface area is 137 Å². The minimum absolute atomic E-state index is 1.01.